The Morgan fingerprint density at radius 2 is 2.18 bits per heavy atom. The van der Waals surface area contributed by atoms with E-state index >= 15 is 0 Å². The zero-order chi connectivity index (χ0) is 13.0. The molecule has 1 atom stereocenters. The van der Waals surface area contributed by atoms with E-state index in [-0.39, 0.29) is 5.69 Å². The van der Waals surface area contributed by atoms with Gasteiger partial charge in [0, 0.05) is 13.1 Å². The first kappa shape index (κ1) is 13.1. The summed E-state index contributed by atoms with van der Waals surface area (Å²) < 4.78 is 26.4. The Hall–Kier alpha value is -1.96. The maximum absolute atomic E-state index is 13.4. The van der Waals surface area contributed by atoms with Crippen LogP contribution in [0, 0.1) is 28.9 Å². The fourth-order valence-corrected chi connectivity index (χ4v) is 1.42. The van der Waals surface area contributed by atoms with E-state index in [1.807, 2.05) is 6.07 Å². The molecule has 0 saturated heterocycles. The van der Waals surface area contributed by atoms with Crippen molar-refractivity contribution in [1.29, 1.82) is 5.26 Å². The Bertz CT molecular complexity index is 468. The van der Waals surface area contributed by atoms with Crippen LogP contribution in [0.5, 0.6) is 0 Å². The van der Waals surface area contributed by atoms with Crippen LogP contribution in [0.3, 0.4) is 0 Å². The molecule has 1 aromatic carbocycles. The molecule has 0 N–H and O–H groups in total. The Kier molecular flexibility index (Phi) is 4.16. The third-order valence-corrected chi connectivity index (χ3v) is 2.46. The Morgan fingerprint density at radius 3 is 2.71 bits per heavy atom. The van der Waals surface area contributed by atoms with Crippen molar-refractivity contribution >= 4 is 11.6 Å². The van der Waals surface area contributed by atoms with Crippen molar-refractivity contribution in [3.8, 4) is 6.07 Å². The number of benzene rings is 1. The van der Waals surface area contributed by atoms with E-state index in [1.54, 1.807) is 6.92 Å². The lowest BCUT2D eigenvalue weighted by Crippen LogP contribution is -2.32. The van der Waals surface area contributed by atoms with Gasteiger partial charge in [-0.1, -0.05) is 6.92 Å². The molecule has 0 radical (unpaired) electrons. The van der Waals surface area contributed by atoms with Crippen LogP contribution in [0.25, 0.3) is 0 Å². The van der Waals surface area contributed by atoms with E-state index in [0.29, 0.717) is 6.42 Å². The molecule has 0 aliphatic heterocycles. The molecule has 0 bridgehead atoms. The maximum atomic E-state index is 13.4. The van der Waals surface area contributed by atoms with E-state index in [4.69, 9.17) is 5.26 Å². The minimum absolute atomic E-state index is 0.163. The average Bonchev–Trinajstić information content (AvgIpc) is 2.32. The second-order valence-electron chi connectivity index (χ2n) is 3.58. The summed E-state index contributed by atoms with van der Waals surface area (Å²) >= 11 is 0. The van der Waals surface area contributed by atoms with Gasteiger partial charge in [0.1, 0.15) is 17.6 Å². The van der Waals surface area contributed by atoms with Gasteiger partial charge in [0.25, 0.3) is 0 Å². The van der Waals surface area contributed by atoms with Gasteiger partial charge in [-0.05, 0) is 18.6 Å². The number of amides is 1. The largest absolute Gasteiger partial charge is 0.312 e. The lowest BCUT2D eigenvalue weighted by atomic mass is 10.1. The number of nitriles is 1. The van der Waals surface area contributed by atoms with Crippen molar-refractivity contribution < 1.29 is 13.6 Å². The van der Waals surface area contributed by atoms with Gasteiger partial charge < -0.3 is 4.90 Å². The summed E-state index contributed by atoms with van der Waals surface area (Å²) in [6, 6.07) is 4.67. The number of carbonyl (C=O) groups excluding carboxylic acids is 1. The molecule has 0 aliphatic carbocycles. The summed E-state index contributed by atoms with van der Waals surface area (Å²) in [7, 11) is 1.32. The lowest BCUT2D eigenvalue weighted by molar-refractivity contribution is -0.120. The standard InChI is InChI=1S/C12H12F2N2O/c1-3-8(7-15)12(17)16(2)11-6-9(13)4-5-10(11)14/h4-6,8H,3H2,1-2H3. The van der Waals surface area contributed by atoms with Crippen LogP contribution in [0.4, 0.5) is 14.5 Å². The minimum Gasteiger partial charge on any atom is -0.312 e. The summed E-state index contributed by atoms with van der Waals surface area (Å²) in [6.07, 6.45) is 0.330. The molecule has 0 saturated carbocycles. The molecule has 90 valence electrons. The number of anilines is 1. The van der Waals surface area contributed by atoms with E-state index in [1.165, 1.54) is 7.05 Å². The van der Waals surface area contributed by atoms with Crippen LogP contribution in [0.2, 0.25) is 0 Å². The highest BCUT2D eigenvalue weighted by atomic mass is 19.1. The first-order chi connectivity index (χ1) is 8.01. The van der Waals surface area contributed by atoms with Crippen LogP contribution in [0.15, 0.2) is 18.2 Å². The molecule has 0 spiro atoms. The summed E-state index contributed by atoms with van der Waals surface area (Å²) in [5, 5.41) is 8.75. The first-order valence-corrected chi connectivity index (χ1v) is 5.13. The molecule has 0 heterocycles. The summed E-state index contributed by atoms with van der Waals surface area (Å²) in [6.45, 7) is 1.68. The number of rotatable bonds is 3. The molecule has 1 unspecified atom stereocenters. The van der Waals surface area contributed by atoms with Crippen molar-refractivity contribution in [1.82, 2.24) is 0 Å². The fraction of sp³-hybridized carbons (Fsp3) is 0.333. The average molecular weight is 238 g/mol. The van der Waals surface area contributed by atoms with E-state index in [9.17, 15) is 13.6 Å². The second-order valence-corrected chi connectivity index (χ2v) is 3.58. The molecule has 5 heteroatoms. The van der Waals surface area contributed by atoms with Gasteiger partial charge in [-0.25, -0.2) is 8.78 Å². The Morgan fingerprint density at radius 1 is 1.53 bits per heavy atom. The molecule has 3 nitrogen and oxygen atoms in total. The highest BCUT2D eigenvalue weighted by Gasteiger charge is 2.23. The molecular formula is C12H12F2N2O. The lowest BCUT2D eigenvalue weighted by Gasteiger charge is -2.20. The topological polar surface area (TPSA) is 44.1 Å². The van der Waals surface area contributed by atoms with Gasteiger partial charge in [-0.3, -0.25) is 4.79 Å². The smallest absolute Gasteiger partial charge is 0.244 e. The minimum atomic E-state index is -0.845. The number of halogens is 2. The normalized spacial score (nSPS) is 11.7. The van der Waals surface area contributed by atoms with Crippen molar-refractivity contribution in [2.75, 3.05) is 11.9 Å². The van der Waals surface area contributed by atoms with Crippen molar-refractivity contribution in [3.63, 3.8) is 0 Å². The monoisotopic (exact) mass is 238 g/mol. The molecule has 1 amide bonds. The van der Waals surface area contributed by atoms with Crippen LogP contribution in [-0.4, -0.2) is 13.0 Å². The molecule has 0 aromatic heterocycles. The molecule has 0 fully saturated rings. The quantitative estimate of drug-likeness (QED) is 0.812. The van der Waals surface area contributed by atoms with E-state index in [0.717, 1.165) is 23.1 Å². The van der Waals surface area contributed by atoms with Crippen LogP contribution in [0.1, 0.15) is 13.3 Å². The molecule has 17 heavy (non-hydrogen) atoms. The van der Waals surface area contributed by atoms with Crippen LogP contribution in [-0.2, 0) is 4.79 Å². The Labute approximate surface area is 98.3 Å². The van der Waals surface area contributed by atoms with Crippen LogP contribution < -0.4 is 4.90 Å². The second kappa shape index (κ2) is 5.39. The molecule has 1 aromatic rings. The summed E-state index contributed by atoms with van der Waals surface area (Å²) in [5.41, 5.74) is -0.163. The predicted molar refractivity (Wildman–Crippen MR) is 59.2 cm³/mol. The van der Waals surface area contributed by atoms with Crippen LogP contribution >= 0.6 is 0 Å². The summed E-state index contributed by atoms with van der Waals surface area (Å²) in [4.78, 5) is 12.8. The van der Waals surface area contributed by atoms with Crippen molar-refractivity contribution in [2.24, 2.45) is 5.92 Å². The first-order valence-electron chi connectivity index (χ1n) is 5.13. The van der Waals surface area contributed by atoms with Gasteiger partial charge in [0.2, 0.25) is 5.91 Å². The zero-order valence-corrected chi connectivity index (χ0v) is 9.58. The SMILES string of the molecule is CCC(C#N)C(=O)N(C)c1cc(F)ccc1F. The third kappa shape index (κ3) is 2.78. The molecule has 1 rings (SSSR count). The van der Waals surface area contributed by atoms with Crippen molar-refractivity contribution in [3.05, 3.63) is 29.8 Å². The highest BCUT2D eigenvalue weighted by molar-refractivity contribution is 5.96. The molecule has 0 aliphatic rings. The van der Waals surface area contributed by atoms with Gasteiger partial charge in [0.05, 0.1) is 11.8 Å². The number of carbonyl (C=O) groups is 1. The zero-order valence-electron chi connectivity index (χ0n) is 9.58. The Balaban J connectivity index is 3.04. The number of hydrogen-bond donors (Lipinski definition) is 0. The molecular weight excluding hydrogens is 226 g/mol. The van der Waals surface area contributed by atoms with Gasteiger partial charge in [0.15, 0.2) is 0 Å². The van der Waals surface area contributed by atoms with E-state index in [2.05, 4.69) is 0 Å². The highest BCUT2D eigenvalue weighted by Crippen LogP contribution is 2.21. The van der Waals surface area contributed by atoms with Gasteiger partial charge >= 0.3 is 0 Å². The maximum Gasteiger partial charge on any atom is 0.244 e. The van der Waals surface area contributed by atoms with Gasteiger partial charge in [-0.2, -0.15) is 5.26 Å². The fourth-order valence-electron chi connectivity index (χ4n) is 1.42. The summed E-state index contributed by atoms with van der Waals surface area (Å²) in [5.74, 6) is -2.72. The van der Waals surface area contributed by atoms with Crippen molar-refractivity contribution in [2.45, 2.75) is 13.3 Å². The van der Waals surface area contributed by atoms with E-state index < -0.39 is 23.5 Å². The van der Waals surface area contributed by atoms with Gasteiger partial charge in [-0.15, -0.1) is 0 Å². The predicted octanol–water partition coefficient (Wildman–Crippen LogP) is 2.48. The third-order valence-electron chi connectivity index (χ3n) is 2.46. The number of nitrogens with zero attached hydrogens (tertiary/aromatic N) is 2. The number of hydrogen-bond acceptors (Lipinski definition) is 2.